The molecule has 0 spiro atoms. The number of anilines is 1. The van der Waals surface area contributed by atoms with Crippen LogP contribution < -0.4 is 10.2 Å². The van der Waals surface area contributed by atoms with Crippen molar-refractivity contribution >= 4 is 28.5 Å². The SMILES string of the molecule is CCC(C)(C)NC(=O)[C@H](c1ccc(C)o1)N(C(=O)Cn1nnc2ccccc21)c1cccc(C)c1C. The number of para-hydroxylation sites is 1. The van der Waals surface area contributed by atoms with E-state index >= 15 is 0 Å². The van der Waals surface area contributed by atoms with Crippen LogP contribution in [0.2, 0.25) is 0 Å². The third kappa shape index (κ3) is 5.03. The van der Waals surface area contributed by atoms with Crippen LogP contribution in [-0.2, 0) is 16.1 Å². The van der Waals surface area contributed by atoms with Crippen LogP contribution in [0.5, 0.6) is 0 Å². The second-order valence-corrected chi connectivity index (χ2v) is 9.80. The molecule has 4 rings (SSSR count). The summed E-state index contributed by atoms with van der Waals surface area (Å²) in [5.74, 6) is 0.444. The minimum atomic E-state index is -1.01. The number of carbonyl (C=O) groups excluding carboxylic acids is 2. The van der Waals surface area contributed by atoms with E-state index in [1.165, 1.54) is 4.90 Å². The van der Waals surface area contributed by atoms with Crippen LogP contribution in [0.15, 0.2) is 59.0 Å². The third-order valence-electron chi connectivity index (χ3n) is 6.69. The Hall–Kier alpha value is -3.94. The Kier molecular flexibility index (Phi) is 6.97. The molecular formula is C28H33N5O3. The summed E-state index contributed by atoms with van der Waals surface area (Å²) in [6.45, 7) is 11.6. The van der Waals surface area contributed by atoms with Gasteiger partial charge in [0.1, 0.15) is 23.6 Å². The highest BCUT2D eigenvalue weighted by Gasteiger charge is 2.38. The molecule has 0 aliphatic carbocycles. The highest BCUT2D eigenvalue weighted by molar-refractivity contribution is 6.02. The minimum absolute atomic E-state index is 0.0888. The van der Waals surface area contributed by atoms with Crippen molar-refractivity contribution in [2.45, 2.75) is 66.1 Å². The van der Waals surface area contributed by atoms with E-state index < -0.39 is 11.6 Å². The first kappa shape index (κ1) is 25.2. The maximum absolute atomic E-state index is 14.1. The largest absolute Gasteiger partial charge is 0.464 e. The zero-order chi connectivity index (χ0) is 26.0. The number of hydrogen-bond acceptors (Lipinski definition) is 5. The summed E-state index contributed by atoms with van der Waals surface area (Å²) < 4.78 is 7.52. The summed E-state index contributed by atoms with van der Waals surface area (Å²) in [4.78, 5) is 29.5. The van der Waals surface area contributed by atoms with Crippen LogP contribution in [0.3, 0.4) is 0 Å². The van der Waals surface area contributed by atoms with Crippen molar-refractivity contribution in [2.24, 2.45) is 0 Å². The Labute approximate surface area is 211 Å². The number of amides is 2. The lowest BCUT2D eigenvalue weighted by Crippen LogP contribution is -2.51. The second-order valence-electron chi connectivity index (χ2n) is 9.80. The Morgan fingerprint density at radius 2 is 1.81 bits per heavy atom. The van der Waals surface area contributed by atoms with Crippen LogP contribution in [0.25, 0.3) is 11.0 Å². The number of nitrogens with one attached hydrogen (secondary N) is 1. The maximum atomic E-state index is 14.1. The molecule has 8 heteroatoms. The lowest BCUT2D eigenvalue weighted by Gasteiger charge is -2.34. The number of rotatable bonds is 8. The molecule has 4 aromatic rings. The van der Waals surface area contributed by atoms with Crippen LogP contribution >= 0.6 is 0 Å². The highest BCUT2D eigenvalue weighted by atomic mass is 16.3. The van der Waals surface area contributed by atoms with Crippen molar-refractivity contribution < 1.29 is 14.0 Å². The lowest BCUT2D eigenvalue weighted by atomic mass is 9.99. The molecule has 0 bridgehead atoms. The summed E-state index contributed by atoms with van der Waals surface area (Å²) >= 11 is 0. The molecule has 8 nitrogen and oxygen atoms in total. The van der Waals surface area contributed by atoms with Gasteiger partial charge in [0.05, 0.1) is 5.52 Å². The summed E-state index contributed by atoms with van der Waals surface area (Å²) in [6, 6.07) is 15.8. The van der Waals surface area contributed by atoms with Crippen molar-refractivity contribution in [3.8, 4) is 0 Å². The van der Waals surface area contributed by atoms with E-state index in [9.17, 15) is 9.59 Å². The van der Waals surface area contributed by atoms with Crippen molar-refractivity contribution in [3.63, 3.8) is 0 Å². The van der Waals surface area contributed by atoms with Crippen LogP contribution in [-0.4, -0.2) is 32.3 Å². The number of aromatic nitrogens is 3. The second kappa shape index (κ2) is 9.97. The fourth-order valence-corrected chi connectivity index (χ4v) is 4.12. The molecule has 0 fully saturated rings. The summed E-state index contributed by atoms with van der Waals surface area (Å²) in [6.07, 6.45) is 0.727. The normalized spacial score (nSPS) is 12.5. The number of benzene rings is 2. The fraction of sp³-hybridized carbons (Fsp3) is 0.357. The van der Waals surface area contributed by atoms with Gasteiger partial charge in [0.25, 0.3) is 5.91 Å². The predicted molar refractivity (Wildman–Crippen MR) is 140 cm³/mol. The molecule has 2 heterocycles. The average molecular weight is 488 g/mol. The molecule has 2 aromatic carbocycles. The van der Waals surface area contributed by atoms with Gasteiger partial charge in [-0.15, -0.1) is 5.10 Å². The zero-order valence-electron chi connectivity index (χ0n) is 21.7. The van der Waals surface area contributed by atoms with Gasteiger partial charge in [-0.05, 0) is 82.5 Å². The smallest absolute Gasteiger partial charge is 0.251 e. The van der Waals surface area contributed by atoms with Gasteiger partial charge in [-0.3, -0.25) is 14.5 Å². The topological polar surface area (TPSA) is 93.3 Å². The van der Waals surface area contributed by atoms with Gasteiger partial charge in [-0.2, -0.15) is 0 Å². The number of aryl methyl sites for hydroxylation is 2. The first-order valence-electron chi connectivity index (χ1n) is 12.2. The maximum Gasteiger partial charge on any atom is 0.251 e. The first-order chi connectivity index (χ1) is 17.1. The van der Waals surface area contributed by atoms with Gasteiger partial charge in [0.15, 0.2) is 6.04 Å². The highest BCUT2D eigenvalue weighted by Crippen LogP contribution is 2.33. The van der Waals surface area contributed by atoms with Crippen molar-refractivity contribution in [1.29, 1.82) is 0 Å². The van der Waals surface area contributed by atoms with E-state index in [4.69, 9.17) is 4.42 Å². The van der Waals surface area contributed by atoms with E-state index in [1.54, 1.807) is 16.8 Å². The molecule has 188 valence electrons. The molecule has 0 aliphatic heterocycles. The number of nitrogens with zero attached hydrogens (tertiary/aromatic N) is 4. The van der Waals surface area contributed by atoms with Gasteiger partial charge in [-0.1, -0.05) is 36.4 Å². The van der Waals surface area contributed by atoms with E-state index in [0.717, 1.165) is 23.1 Å². The molecule has 2 aromatic heterocycles. The van der Waals surface area contributed by atoms with Gasteiger partial charge < -0.3 is 9.73 Å². The summed E-state index contributed by atoms with van der Waals surface area (Å²) in [5, 5.41) is 11.5. The third-order valence-corrected chi connectivity index (χ3v) is 6.69. The number of furan rings is 1. The summed E-state index contributed by atoms with van der Waals surface area (Å²) in [7, 11) is 0. The van der Waals surface area contributed by atoms with Crippen LogP contribution in [0.1, 0.15) is 55.9 Å². The van der Waals surface area contributed by atoms with Gasteiger partial charge >= 0.3 is 0 Å². The van der Waals surface area contributed by atoms with Gasteiger partial charge in [0, 0.05) is 11.2 Å². The molecular weight excluding hydrogens is 454 g/mol. The molecule has 0 saturated heterocycles. The monoisotopic (exact) mass is 487 g/mol. The number of carbonyl (C=O) groups is 2. The quantitative estimate of drug-likeness (QED) is 0.376. The van der Waals surface area contributed by atoms with Crippen LogP contribution in [0, 0.1) is 20.8 Å². The molecule has 0 unspecified atom stereocenters. The average Bonchev–Trinajstić information content (AvgIpc) is 3.45. The van der Waals surface area contributed by atoms with E-state index in [-0.39, 0.29) is 18.4 Å². The molecule has 1 N–H and O–H groups in total. The zero-order valence-corrected chi connectivity index (χ0v) is 21.7. The van der Waals surface area contributed by atoms with Gasteiger partial charge in [-0.25, -0.2) is 4.68 Å². The Balaban J connectivity index is 1.84. The Bertz CT molecular complexity index is 1400. The van der Waals surface area contributed by atoms with E-state index in [2.05, 4.69) is 15.6 Å². The molecule has 0 saturated carbocycles. The van der Waals surface area contributed by atoms with Crippen molar-refractivity contribution in [3.05, 3.63) is 77.2 Å². The van der Waals surface area contributed by atoms with Crippen LogP contribution in [0.4, 0.5) is 5.69 Å². The van der Waals surface area contributed by atoms with Gasteiger partial charge in [0.2, 0.25) is 5.91 Å². The number of hydrogen-bond donors (Lipinski definition) is 1. The number of fused-ring (bicyclic) bond motifs is 1. The molecule has 0 aliphatic rings. The molecule has 36 heavy (non-hydrogen) atoms. The van der Waals surface area contributed by atoms with Crippen molar-refractivity contribution in [1.82, 2.24) is 20.3 Å². The Morgan fingerprint density at radius 1 is 1.06 bits per heavy atom. The predicted octanol–water partition coefficient (Wildman–Crippen LogP) is 5.03. The van der Waals surface area contributed by atoms with E-state index in [1.807, 2.05) is 84.0 Å². The van der Waals surface area contributed by atoms with E-state index in [0.29, 0.717) is 22.7 Å². The standard InChI is InChI=1S/C28H33N5O3/c1-7-28(5,6)29-27(35)26(24-16-15-19(3)36-24)33(22-14-10-11-18(2)20(22)4)25(34)17-32-23-13-9-8-12-21(23)30-31-32/h8-16,26H,7,17H2,1-6H3,(H,29,35)/t26-/m0/s1. The Morgan fingerprint density at radius 3 is 2.50 bits per heavy atom. The fourth-order valence-electron chi connectivity index (χ4n) is 4.12. The minimum Gasteiger partial charge on any atom is -0.464 e. The first-order valence-corrected chi connectivity index (χ1v) is 12.2. The lowest BCUT2D eigenvalue weighted by molar-refractivity contribution is -0.128. The molecule has 1 atom stereocenters. The molecule has 2 amide bonds. The summed E-state index contributed by atoms with van der Waals surface area (Å²) in [5.41, 5.74) is 3.55. The molecule has 0 radical (unpaired) electrons. The van der Waals surface area contributed by atoms with Crippen molar-refractivity contribution in [2.75, 3.05) is 4.90 Å².